The lowest BCUT2D eigenvalue weighted by atomic mass is 9.34. The number of aliphatic hydroxyl groups is 2. The number of carbonyl (C=O) groups excluding carboxylic acids is 2. The number of aliphatic hydroxyl groups excluding tert-OH is 2. The lowest BCUT2D eigenvalue weighted by Gasteiger charge is -2.70. The molecular formula is C30H40O5. The maximum atomic E-state index is 12.9. The van der Waals surface area contributed by atoms with E-state index in [2.05, 4.69) is 39.8 Å². The van der Waals surface area contributed by atoms with Crippen molar-refractivity contribution >= 4 is 11.8 Å². The molecule has 0 bridgehead atoms. The molecule has 3 saturated carbocycles. The van der Waals surface area contributed by atoms with Gasteiger partial charge in [-0.05, 0) is 91.8 Å². The van der Waals surface area contributed by atoms with E-state index >= 15 is 0 Å². The average Bonchev–Trinajstić information content (AvgIpc) is 2.81. The summed E-state index contributed by atoms with van der Waals surface area (Å²) in [4.78, 5) is 25.5. The number of fused-ring (bicyclic) bond motifs is 7. The Hall–Kier alpha value is -2.14. The Morgan fingerprint density at radius 2 is 1.71 bits per heavy atom. The van der Waals surface area contributed by atoms with Crippen molar-refractivity contribution in [3.63, 3.8) is 0 Å². The van der Waals surface area contributed by atoms with Crippen molar-refractivity contribution in [3.05, 3.63) is 46.3 Å². The Morgan fingerprint density at radius 3 is 2.37 bits per heavy atom. The van der Waals surface area contributed by atoms with Gasteiger partial charge in [-0.2, -0.15) is 0 Å². The Labute approximate surface area is 209 Å². The lowest BCUT2D eigenvalue weighted by molar-refractivity contribution is -0.211. The molecule has 5 aliphatic carbocycles. The number of esters is 1. The summed E-state index contributed by atoms with van der Waals surface area (Å²) < 4.78 is 5.20. The highest BCUT2D eigenvalue weighted by Crippen LogP contribution is 2.75. The quantitative estimate of drug-likeness (QED) is 0.467. The van der Waals surface area contributed by atoms with Crippen molar-refractivity contribution in [1.82, 2.24) is 0 Å². The summed E-state index contributed by atoms with van der Waals surface area (Å²) in [5.74, 6) is -0.535. The molecule has 0 spiro atoms. The lowest BCUT2D eigenvalue weighted by Crippen LogP contribution is -2.65. The Bertz CT molecular complexity index is 1160. The summed E-state index contributed by atoms with van der Waals surface area (Å²) in [5.41, 5.74) is 2.47. The van der Waals surface area contributed by atoms with E-state index in [-0.39, 0.29) is 45.1 Å². The van der Waals surface area contributed by atoms with E-state index in [1.165, 1.54) is 12.7 Å². The van der Waals surface area contributed by atoms with Crippen LogP contribution in [0, 0.1) is 33.0 Å². The molecule has 0 aromatic carbocycles. The van der Waals surface area contributed by atoms with E-state index < -0.39 is 11.5 Å². The van der Waals surface area contributed by atoms with E-state index in [1.807, 2.05) is 13.8 Å². The number of allylic oxidation sites excluding steroid dienone is 7. The number of carbonyl (C=O) groups is 2. The zero-order valence-corrected chi connectivity index (χ0v) is 22.2. The zero-order chi connectivity index (χ0) is 25.8. The fraction of sp³-hybridized carbons (Fsp3) is 0.667. The van der Waals surface area contributed by atoms with Gasteiger partial charge in [0.25, 0.3) is 0 Å². The molecule has 5 heteroatoms. The molecule has 0 amide bonds. The van der Waals surface area contributed by atoms with Gasteiger partial charge in [-0.3, -0.25) is 9.59 Å². The topological polar surface area (TPSA) is 83.8 Å². The largest absolute Gasteiger partial charge is 0.504 e. The summed E-state index contributed by atoms with van der Waals surface area (Å²) in [6.45, 7) is 13.0. The van der Waals surface area contributed by atoms with Crippen molar-refractivity contribution in [1.29, 1.82) is 0 Å². The molecule has 0 aromatic heterocycles. The second-order valence-corrected chi connectivity index (χ2v) is 13.2. The van der Waals surface area contributed by atoms with Crippen LogP contribution in [0.1, 0.15) is 80.1 Å². The second kappa shape index (κ2) is 7.21. The van der Waals surface area contributed by atoms with Crippen LogP contribution in [0.4, 0.5) is 0 Å². The third kappa shape index (κ3) is 2.85. The van der Waals surface area contributed by atoms with Crippen LogP contribution < -0.4 is 0 Å². The first kappa shape index (κ1) is 24.5. The number of ketones is 1. The molecule has 0 aliphatic heterocycles. The van der Waals surface area contributed by atoms with Gasteiger partial charge in [-0.15, -0.1) is 0 Å². The average molecular weight is 481 g/mol. The molecule has 0 saturated heterocycles. The Morgan fingerprint density at radius 1 is 1.03 bits per heavy atom. The molecule has 190 valence electrons. The van der Waals surface area contributed by atoms with Gasteiger partial charge < -0.3 is 14.9 Å². The molecule has 2 N–H and O–H groups in total. The van der Waals surface area contributed by atoms with Crippen molar-refractivity contribution in [2.45, 2.75) is 86.2 Å². The molecule has 5 rings (SSSR count). The standard InChI is InChI=1S/C30H40O5/c1-17-18-8-9-21-27(3,19(18)14-20(31)24(17)33)10-12-30(6)22-15-26(2,25(34)35-7)16-23(32)28(22,4)11-13-29(21,30)5/h8-9,14,22-23,32-33H,10-13,15-16H2,1-7H3/t22-,23-,26+,27+,28-,29-,30+/m1/s1. The summed E-state index contributed by atoms with van der Waals surface area (Å²) in [7, 11) is 1.44. The Kier molecular flexibility index (Phi) is 5.06. The van der Waals surface area contributed by atoms with E-state index in [0.717, 1.165) is 36.8 Å². The molecule has 0 heterocycles. The molecule has 0 radical (unpaired) electrons. The molecular weight excluding hydrogens is 440 g/mol. The number of ether oxygens (including phenoxy) is 1. The van der Waals surface area contributed by atoms with Crippen LogP contribution in [0.3, 0.4) is 0 Å². The van der Waals surface area contributed by atoms with Gasteiger partial charge in [0.05, 0.1) is 18.6 Å². The smallest absolute Gasteiger partial charge is 0.311 e. The second-order valence-electron chi connectivity index (χ2n) is 13.2. The van der Waals surface area contributed by atoms with Crippen LogP contribution in [0.15, 0.2) is 46.3 Å². The predicted octanol–water partition coefficient (Wildman–Crippen LogP) is 5.76. The van der Waals surface area contributed by atoms with Gasteiger partial charge in [0.2, 0.25) is 5.78 Å². The van der Waals surface area contributed by atoms with Crippen LogP contribution in [0.25, 0.3) is 0 Å². The number of methoxy groups -OCH3 is 1. The van der Waals surface area contributed by atoms with E-state index in [1.54, 1.807) is 6.08 Å². The molecule has 5 aliphatic rings. The molecule has 35 heavy (non-hydrogen) atoms. The normalized spacial score (nSPS) is 46.9. The third-order valence-electron chi connectivity index (χ3n) is 11.6. The van der Waals surface area contributed by atoms with E-state index in [0.29, 0.717) is 18.4 Å². The van der Waals surface area contributed by atoms with Gasteiger partial charge in [0, 0.05) is 11.0 Å². The highest BCUT2D eigenvalue weighted by atomic mass is 16.5. The zero-order valence-electron chi connectivity index (χ0n) is 22.2. The first-order valence-corrected chi connectivity index (χ1v) is 13.0. The van der Waals surface area contributed by atoms with Crippen LogP contribution in [0.5, 0.6) is 0 Å². The van der Waals surface area contributed by atoms with Gasteiger partial charge >= 0.3 is 5.97 Å². The van der Waals surface area contributed by atoms with Crippen LogP contribution in [0.2, 0.25) is 0 Å². The van der Waals surface area contributed by atoms with Gasteiger partial charge in [0.1, 0.15) is 0 Å². The van der Waals surface area contributed by atoms with E-state index in [4.69, 9.17) is 4.74 Å². The predicted molar refractivity (Wildman–Crippen MR) is 134 cm³/mol. The van der Waals surface area contributed by atoms with Gasteiger partial charge in [0.15, 0.2) is 5.76 Å². The summed E-state index contributed by atoms with van der Waals surface area (Å²) >= 11 is 0. The maximum Gasteiger partial charge on any atom is 0.311 e. The summed E-state index contributed by atoms with van der Waals surface area (Å²) in [6, 6.07) is 0. The molecule has 0 unspecified atom stereocenters. The molecule has 3 fully saturated rings. The van der Waals surface area contributed by atoms with Gasteiger partial charge in [-0.25, -0.2) is 0 Å². The van der Waals surface area contributed by atoms with Crippen LogP contribution >= 0.6 is 0 Å². The Balaban J connectivity index is 1.65. The monoisotopic (exact) mass is 480 g/mol. The SMILES string of the molecule is COC(=O)[C@]1(C)C[C@@H](O)[C@]2(C)CC[C@]3(C)C4=CC=C5C(=CC(=O)C(O)=C5C)[C@]4(C)CC[C@@]3(C)[C@@H]2C1. The van der Waals surface area contributed by atoms with Crippen molar-refractivity contribution in [2.75, 3.05) is 7.11 Å². The first-order valence-electron chi connectivity index (χ1n) is 13.0. The highest BCUT2D eigenvalue weighted by Gasteiger charge is 2.69. The van der Waals surface area contributed by atoms with E-state index in [9.17, 15) is 19.8 Å². The van der Waals surface area contributed by atoms with Crippen LogP contribution in [-0.2, 0) is 14.3 Å². The molecule has 5 nitrogen and oxygen atoms in total. The number of hydrogen-bond acceptors (Lipinski definition) is 5. The van der Waals surface area contributed by atoms with Crippen molar-refractivity contribution in [3.8, 4) is 0 Å². The minimum Gasteiger partial charge on any atom is -0.504 e. The minimum atomic E-state index is -0.702. The fourth-order valence-corrected chi connectivity index (χ4v) is 8.98. The minimum absolute atomic E-state index is 0.125. The molecule has 0 aromatic rings. The fourth-order valence-electron chi connectivity index (χ4n) is 8.98. The number of rotatable bonds is 1. The summed E-state index contributed by atoms with van der Waals surface area (Å²) in [5, 5.41) is 21.7. The highest BCUT2D eigenvalue weighted by molar-refractivity contribution is 6.06. The third-order valence-corrected chi connectivity index (χ3v) is 11.6. The van der Waals surface area contributed by atoms with Crippen molar-refractivity contribution in [2.24, 2.45) is 33.0 Å². The van der Waals surface area contributed by atoms with Crippen LogP contribution in [-0.4, -0.2) is 35.2 Å². The van der Waals surface area contributed by atoms with Crippen molar-refractivity contribution < 1.29 is 24.5 Å². The summed E-state index contributed by atoms with van der Waals surface area (Å²) in [6.07, 6.45) is 10.2. The first-order chi connectivity index (χ1) is 16.2. The molecule has 7 atom stereocenters. The van der Waals surface area contributed by atoms with Gasteiger partial charge in [-0.1, -0.05) is 45.4 Å². The number of hydrogen-bond donors (Lipinski definition) is 2. The maximum absolute atomic E-state index is 12.9.